The Morgan fingerprint density at radius 2 is 1.62 bits per heavy atom. The van der Waals surface area contributed by atoms with Crippen LogP contribution in [0, 0.1) is 17.8 Å². The van der Waals surface area contributed by atoms with Gasteiger partial charge in [-0.1, -0.05) is 0 Å². The third kappa shape index (κ3) is 3.72. The van der Waals surface area contributed by atoms with Crippen molar-refractivity contribution in [2.45, 2.75) is 32.1 Å². The van der Waals surface area contributed by atoms with Crippen molar-refractivity contribution in [3.63, 3.8) is 0 Å². The van der Waals surface area contributed by atoms with Crippen molar-refractivity contribution in [1.82, 2.24) is 5.32 Å². The van der Waals surface area contributed by atoms with Crippen molar-refractivity contribution >= 4 is 0 Å². The van der Waals surface area contributed by atoms with Crippen LogP contribution < -0.4 is 11.1 Å². The highest BCUT2D eigenvalue weighted by Crippen LogP contribution is 2.27. The van der Waals surface area contributed by atoms with Gasteiger partial charge in [0.15, 0.2) is 0 Å². The van der Waals surface area contributed by atoms with Crippen LogP contribution in [0.5, 0.6) is 0 Å². The Labute approximate surface area is 99.1 Å². The lowest BCUT2D eigenvalue weighted by Crippen LogP contribution is -2.31. The number of hydrogen-bond acceptors (Lipinski definition) is 3. The summed E-state index contributed by atoms with van der Waals surface area (Å²) in [4.78, 5) is 0. The molecule has 94 valence electrons. The molecule has 1 aliphatic heterocycles. The zero-order chi connectivity index (χ0) is 11.2. The van der Waals surface area contributed by atoms with Crippen LogP contribution in [0.15, 0.2) is 0 Å². The van der Waals surface area contributed by atoms with E-state index < -0.39 is 0 Å². The fourth-order valence-corrected chi connectivity index (χ4v) is 2.91. The van der Waals surface area contributed by atoms with Crippen molar-refractivity contribution < 1.29 is 4.74 Å². The first-order valence-corrected chi connectivity index (χ1v) is 6.87. The van der Waals surface area contributed by atoms with E-state index in [9.17, 15) is 0 Å². The fourth-order valence-electron chi connectivity index (χ4n) is 2.91. The lowest BCUT2D eigenvalue weighted by molar-refractivity contribution is 0.184. The number of ether oxygens (including phenoxy) is 1. The largest absolute Gasteiger partial charge is 0.381 e. The van der Waals surface area contributed by atoms with Crippen LogP contribution in [0.4, 0.5) is 0 Å². The molecule has 0 aromatic rings. The molecule has 1 heterocycles. The van der Waals surface area contributed by atoms with E-state index in [2.05, 4.69) is 5.32 Å². The second kappa shape index (κ2) is 6.58. The summed E-state index contributed by atoms with van der Waals surface area (Å²) in [5.74, 6) is 2.46. The second-order valence-corrected chi connectivity index (χ2v) is 5.51. The lowest BCUT2D eigenvalue weighted by atomic mass is 9.82. The van der Waals surface area contributed by atoms with Crippen LogP contribution in [-0.2, 0) is 4.74 Å². The van der Waals surface area contributed by atoms with Crippen molar-refractivity contribution in [2.24, 2.45) is 23.5 Å². The molecule has 3 heteroatoms. The van der Waals surface area contributed by atoms with Gasteiger partial charge in [0, 0.05) is 13.2 Å². The van der Waals surface area contributed by atoms with Gasteiger partial charge >= 0.3 is 0 Å². The van der Waals surface area contributed by atoms with Gasteiger partial charge in [-0.05, 0) is 62.9 Å². The van der Waals surface area contributed by atoms with Crippen molar-refractivity contribution in [3.05, 3.63) is 0 Å². The Bertz CT molecular complexity index is 184. The van der Waals surface area contributed by atoms with Crippen LogP contribution in [-0.4, -0.2) is 32.8 Å². The summed E-state index contributed by atoms with van der Waals surface area (Å²) in [5.41, 5.74) is 5.70. The molecule has 1 unspecified atom stereocenters. The Morgan fingerprint density at radius 3 is 2.25 bits per heavy atom. The van der Waals surface area contributed by atoms with E-state index in [1.807, 2.05) is 0 Å². The molecule has 0 amide bonds. The van der Waals surface area contributed by atoms with Crippen LogP contribution >= 0.6 is 0 Å². The van der Waals surface area contributed by atoms with Crippen LogP contribution in [0.25, 0.3) is 0 Å². The Morgan fingerprint density at radius 1 is 0.938 bits per heavy atom. The molecule has 2 rings (SSSR count). The van der Waals surface area contributed by atoms with Gasteiger partial charge in [-0.15, -0.1) is 0 Å². The van der Waals surface area contributed by atoms with Crippen LogP contribution in [0.1, 0.15) is 32.1 Å². The summed E-state index contributed by atoms with van der Waals surface area (Å²) in [7, 11) is 0. The van der Waals surface area contributed by atoms with Crippen molar-refractivity contribution in [2.75, 3.05) is 32.8 Å². The Kier molecular flexibility index (Phi) is 5.07. The van der Waals surface area contributed by atoms with E-state index in [1.54, 1.807) is 0 Å². The number of nitrogens with two attached hydrogens (primary N) is 1. The molecule has 3 N–H and O–H groups in total. The van der Waals surface area contributed by atoms with Gasteiger partial charge in [0.25, 0.3) is 0 Å². The molecule has 2 aliphatic rings. The SMILES string of the molecule is NCC1CCC(CNCC2CCOC2)CC1. The first-order chi connectivity index (χ1) is 7.88. The molecule has 0 radical (unpaired) electrons. The predicted octanol–water partition coefficient (Wildman–Crippen LogP) is 1.38. The summed E-state index contributed by atoms with van der Waals surface area (Å²) < 4.78 is 5.37. The zero-order valence-electron chi connectivity index (χ0n) is 10.3. The molecular formula is C13H26N2O. The summed E-state index contributed by atoms with van der Waals surface area (Å²) in [6.45, 7) is 5.17. The molecule has 0 spiro atoms. The van der Waals surface area contributed by atoms with E-state index in [0.29, 0.717) is 0 Å². The highest BCUT2D eigenvalue weighted by molar-refractivity contribution is 4.75. The van der Waals surface area contributed by atoms with Crippen LogP contribution in [0.3, 0.4) is 0 Å². The van der Waals surface area contributed by atoms with Crippen molar-refractivity contribution in [3.8, 4) is 0 Å². The highest BCUT2D eigenvalue weighted by atomic mass is 16.5. The van der Waals surface area contributed by atoms with Gasteiger partial charge in [-0.3, -0.25) is 0 Å². The minimum absolute atomic E-state index is 0.764. The molecule has 0 aromatic carbocycles. The van der Waals surface area contributed by atoms with E-state index in [-0.39, 0.29) is 0 Å². The summed E-state index contributed by atoms with van der Waals surface area (Å²) in [6, 6.07) is 0. The van der Waals surface area contributed by atoms with E-state index >= 15 is 0 Å². The summed E-state index contributed by atoms with van der Waals surface area (Å²) >= 11 is 0. The van der Waals surface area contributed by atoms with Gasteiger partial charge in [0.1, 0.15) is 0 Å². The minimum atomic E-state index is 0.764. The first-order valence-electron chi connectivity index (χ1n) is 6.87. The van der Waals surface area contributed by atoms with Crippen molar-refractivity contribution in [1.29, 1.82) is 0 Å². The number of hydrogen-bond donors (Lipinski definition) is 2. The van der Waals surface area contributed by atoms with Gasteiger partial charge < -0.3 is 15.8 Å². The molecule has 1 saturated heterocycles. The highest BCUT2D eigenvalue weighted by Gasteiger charge is 2.20. The summed E-state index contributed by atoms with van der Waals surface area (Å²) in [6.07, 6.45) is 6.67. The Balaban J connectivity index is 1.53. The fraction of sp³-hybridized carbons (Fsp3) is 1.00. The Hall–Kier alpha value is -0.120. The molecule has 1 aliphatic carbocycles. The van der Waals surface area contributed by atoms with E-state index in [4.69, 9.17) is 10.5 Å². The maximum atomic E-state index is 5.70. The summed E-state index contributed by atoms with van der Waals surface area (Å²) in [5, 5.41) is 3.62. The smallest absolute Gasteiger partial charge is 0.0507 e. The molecule has 1 atom stereocenters. The second-order valence-electron chi connectivity index (χ2n) is 5.51. The molecule has 0 aromatic heterocycles. The van der Waals surface area contributed by atoms with Gasteiger partial charge in [-0.2, -0.15) is 0 Å². The normalized spacial score (nSPS) is 35.4. The topological polar surface area (TPSA) is 47.3 Å². The predicted molar refractivity (Wildman–Crippen MR) is 66.3 cm³/mol. The molecule has 3 nitrogen and oxygen atoms in total. The number of rotatable bonds is 5. The standard InChI is InChI=1S/C13H26N2O/c14-7-11-1-3-12(4-2-11)8-15-9-13-5-6-16-10-13/h11-13,15H,1-10,14H2. The van der Waals surface area contributed by atoms with E-state index in [0.717, 1.165) is 44.1 Å². The number of nitrogens with one attached hydrogen (secondary N) is 1. The maximum Gasteiger partial charge on any atom is 0.0507 e. The molecule has 16 heavy (non-hydrogen) atoms. The maximum absolute atomic E-state index is 5.70. The minimum Gasteiger partial charge on any atom is -0.381 e. The first kappa shape index (κ1) is 12.3. The molecule has 1 saturated carbocycles. The monoisotopic (exact) mass is 226 g/mol. The van der Waals surface area contributed by atoms with Gasteiger partial charge in [0.2, 0.25) is 0 Å². The average Bonchev–Trinajstić information content (AvgIpc) is 2.83. The molecule has 2 fully saturated rings. The third-order valence-corrected chi connectivity index (χ3v) is 4.19. The van der Waals surface area contributed by atoms with Gasteiger partial charge in [-0.25, -0.2) is 0 Å². The van der Waals surface area contributed by atoms with E-state index in [1.165, 1.54) is 38.6 Å². The quantitative estimate of drug-likeness (QED) is 0.744. The zero-order valence-corrected chi connectivity index (χ0v) is 10.3. The molecular weight excluding hydrogens is 200 g/mol. The third-order valence-electron chi connectivity index (χ3n) is 4.19. The average molecular weight is 226 g/mol. The lowest BCUT2D eigenvalue weighted by Gasteiger charge is -2.28. The molecule has 0 bridgehead atoms. The van der Waals surface area contributed by atoms with Gasteiger partial charge in [0.05, 0.1) is 6.61 Å². The van der Waals surface area contributed by atoms with Crippen LogP contribution in [0.2, 0.25) is 0 Å².